The van der Waals surface area contributed by atoms with E-state index in [0.717, 1.165) is 11.8 Å². The van der Waals surface area contributed by atoms with Gasteiger partial charge in [-0.3, -0.25) is 0 Å². The third-order valence-electron chi connectivity index (χ3n) is 6.64. The molecule has 1 spiro atoms. The van der Waals surface area contributed by atoms with Crippen molar-refractivity contribution in [1.29, 1.82) is 0 Å². The molecule has 1 nitrogen and oxygen atoms in total. The largest absolute Gasteiger partial charge is 0.317 e. The van der Waals surface area contributed by atoms with E-state index in [4.69, 9.17) is 0 Å². The zero-order valence-electron chi connectivity index (χ0n) is 13.2. The van der Waals surface area contributed by atoms with Crippen LogP contribution in [0.5, 0.6) is 0 Å². The minimum absolute atomic E-state index is 0.513. The van der Waals surface area contributed by atoms with Gasteiger partial charge in [-0.05, 0) is 61.7 Å². The van der Waals surface area contributed by atoms with E-state index in [9.17, 15) is 0 Å². The van der Waals surface area contributed by atoms with E-state index in [2.05, 4.69) is 29.6 Å². The summed E-state index contributed by atoms with van der Waals surface area (Å²) >= 11 is 0. The van der Waals surface area contributed by atoms with Gasteiger partial charge in [-0.15, -0.1) is 0 Å². The van der Waals surface area contributed by atoms with Crippen molar-refractivity contribution in [2.24, 2.45) is 11.8 Å². The lowest BCUT2D eigenvalue weighted by atomic mass is 9.65. The molecule has 1 heteroatoms. The molecule has 1 saturated heterocycles. The first-order chi connectivity index (χ1) is 10.4. The first-order valence-electron chi connectivity index (χ1n) is 9.18. The lowest BCUT2D eigenvalue weighted by Crippen LogP contribution is -2.43. The number of hydrogen-bond donors (Lipinski definition) is 1. The van der Waals surface area contributed by atoms with Gasteiger partial charge < -0.3 is 5.32 Å². The Morgan fingerprint density at radius 1 is 1.00 bits per heavy atom. The zero-order chi connectivity index (χ0) is 14.1. The van der Waals surface area contributed by atoms with Crippen LogP contribution in [0.4, 0.5) is 0 Å². The molecule has 0 radical (unpaired) electrons. The summed E-state index contributed by atoms with van der Waals surface area (Å²) in [6, 6.07) is 9.36. The maximum absolute atomic E-state index is 3.59. The second-order valence-electron chi connectivity index (χ2n) is 7.70. The van der Waals surface area contributed by atoms with Gasteiger partial charge in [-0.1, -0.05) is 56.4 Å². The maximum atomic E-state index is 3.59. The van der Waals surface area contributed by atoms with E-state index in [1.54, 1.807) is 11.1 Å². The van der Waals surface area contributed by atoms with Crippen molar-refractivity contribution in [3.8, 4) is 0 Å². The van der Waals surface area contributed by atoms with Gasteiger partial charge in [-0.25, -0.2) is 0 Å². The molecule has 2 fully saturated rings. The Balaban J connectivity index is 1.60. The molecule has 1 aromatic carbocycles. The number of rotatable bonds is 2. The SMILES string of the molecule is c1ccc2c(c1)CC(CC1CCCCC1)C21CCNCC1. The summed E-state index contributed by atoms with van der Waals surface area (Å²) in [5.74, 6) is 1.94. The number of benzene rings is 1. The van der Waals surface area contributed by atoms with Crippen molar-refractivity contribution >= 4 is 0 Å². The highest BCUT2D eigenvalue weighted by Crippen LogP contribution is 2.52. The van der Waals surface area contributed by atoms with E-state index in [1.807, 2.05) is 0 Å². The van der Waals surface area contributed by atoms with Crippen molar-refractivity contribution in [3.63, 3.8) is 0 Å². The molecule has 1 atom stereocenters. The molecule has 3 aliphatic rings. The minimum atomic E-state index is 0.513. The van der Waals surface area contributed by atoms with Gasteiger partial charge in [0.25, 0.3) is 0 Å². The van der Waals surface area contributed by atoms with Gasteiger partial charge in [0.2, 0.25) is 0 Å². The van der Waals surface area contributed by atoms with E-state index >= 15 is 0 Å². The summed E-state index contributed by atoms with van der Waals surface area (Å²) in [5, 5.41) is 3.59. The molecule has 2 aliphatic carbocycles. The zero-order valence-corrected chi connectivity index (χ0v) is 13.2. The van der Waals surface area contributed by atoms with Crippen LogP contribution < -0.4 is 5.32 Å². The predicted molar refractivity (Wildman–Crippen MR) is 88.6 cm³/mol. The Labute approximate surface area is 129 Å². The molecule has 1 N–H and O–H groups in total. The molecule has 1 aliphatic heterocycles. The van der Waals surface area contributed by atoms with E-state index in [0.29, 0.717) is 5.41 Å². The normalized spacial score (nSPS) is 28.7. The summed E-state index contributed by atoms with van der Waals surface area (Å²) < 4.78 is 0. The molecule has 0 amide bonds. The standard InChI is InChI=1S/C20H29N/c1-2-6-16(7-3-1)14-18-15-17-8-4-5-9-19(17)20(18)10-12-21-13-11-20/h4-5,8-9,16,18,21H,1-3,6-7,10-15H2. The third-order valence-corrected chi connectivity index (χ3v) is 6.64. The van der Waals surface area contributed by atoms with Crippen molar-refractivity contribution in [1.82, 2.24) is 5.32 Å². The van der Waals surface area contributed by atoms with E-state index < -0.39 is 0 Å². The lowest BCUT2D eigenvalue weighted by Gasteiger charge is -2.42. The molecule has 1 saturated carbocycles. The van der Waals surface area contributed by atoms with Crippen LogP contribution in [-0.4, -0.2) is 13.1 Å². The summed E-state index contributed by atoms with van der Waals surface area (Å²) in [4.78, 5) is 0. The molecule has 0 bridgehead atoms. The fourth-order valence-electron chi connectivity index (χ4n) is 5.55. The molecule has 0 aromatic heterocycles. The monoisotopic (exact) mass is 283 g/mol. The quantitative estimate of drug-likeness (QED) is 0.845. The summed E-state index contributed by atoms with van der Waals surface area (Å²) in [5.41, 5.74) is 3.90. The molecule has 21 heavy (non-hydrogen) atoms. The van der Waals surface area contributed by atoms with Crippen LogP contribution in [0.3, 0.4) is 0 Å². The van der Waals surface area contributed by atoms with Crippen LogP contribution in [0.25, 0.3) is 0 Å². The molecular formula is C20H29N. The van der Waals surface area contributed by atoms with Crippen molar-refractivity contribution in [2.75, 3.05) is 13.1 Å². The second-order valence-corrected chi connectivity index (χ2v) is 7.70. The Morgan fingerprint density at radius 3 is 2.57 bits per heavy atom. The van der Waals surface area contributed by atoms with Crippen LogP contribution in [0, 0.1) is 11.8 Å². The van der Waals surface area contributed by atoms with Gasteiger partial charge in [0, 0.05) is 5.41 Å². The fraction of sp³-hybridized carbons (Fsp3) is 0.700. The molecule has 114 valence electrons. The number of nitrogens with one attached hydrogen (secondary N) is 1. The minimum Gasteiger partial charge on any atom is -0.317 e. The third kappa shape index (κ3) is 2.44. The highest BCUT2D eigenvalue weighted by molar-refractivity contribution is 5.41. The van der Waals surface area contributed by atoms with E-state index in [-0.39, 0.29) is 0 Å². The van der Waals surface area contributed by atoms with Gasteiger partial charge >= 0.3 is 0 Å². The van der Waals surface area contributed by atoms with Crippen LogP contribution in [0.2, 0.25) is 0 Å². The average Bonchev–Trinajstić information content (AvgIpc) is 2.83. The predicted octanol–water partition coefficient (Wildman–Crippen LogP) is 4.45. The smallest absolute Gasteiger partial charge is 0.00113 e. The van der Waals surface area contributed by atoms with Crippen molar-refractivity contribution < 1.29 is 0 Å². The van der Waals surface area contributed by atoms with Crippen LogP contribution >= 0.6 is 0 Å². The first-order valence-corrected chi connectivity index (χ1v) is 9.18. The number of fused-ring (bicyclic) bond motifs is 2. The molecule has 4 rings (SSSR count). The Hall–Kier alpha value is -0.820. The topological polar surface area (TPSA) is 12.0 Å². The average molecular weight is 283 g/mol. The van der Waals surface area contributed by atoms with Crippen LogP contribution in [0.1, 0.15) is 62.5 Å². The Kier molecular flexibility index (Phi) is 3.79. The fourth-order valence-corrected chi connectivity index (χ4v) is 5.55. The molecule has 1 heterocycles. The molecular weight excluding hydrogens is 254 g/mol. The van der Waals surface area contributed by atoms with Crippen LogP contribution in [-0.2, 0) is 11.8 Å². The van der Waals surface area contributed by atoms with Gasteiger partial charge in [0.05, 0.1) is 0 Å². The maximum Gasteiger partial charge on any atom is 0.00113 e. The highest BCUT2D eigenvalue weighted by atomic mass is 14.9. The second kappa shape index (κ2) is 5.76. The number of piperidine rings is 1. The summed E-state index contributed by atoms with van der Waals surface area (Å²) in [6.45, 7) is 2.44. The first kappa shape index (κ1) is 13.8. The van der Waals surface area contributed by atoms with Gasteiger partial charge in [0.15, 0.2) is 0 Å². The highest BCUT2D eigenvalue weighted by Gasteiger charge is 2.47. The molecule has 1 unspecified atom stereocenters. The summed E-state index contributed by atoms with van der Waals surface area (Å²) in [7, 11) is 0. The lowest BCUT2D eigenvalue weighted by molar-refractivity contribution is 0.172. The summed E-state index contributed by atoms with van der Waals surface area (Å²) in [6.07, 6.45) is 13.0. The van der Waals surface area contributed by atoms with Gasteiger partial charge in [0.1, 0.15) is 0 Å². The number of hydrogen-bond acceptors (Lipinski definition) is 1. The van der Waals surface area contributed by atoms with Gasteiger partial charge in [-0.2, -0.15) is 0 Å². The van der Waals surface area contributed by atoms with E-state index in [1.165, 1.54) is 70.9 Å². The Morgan fingerprint density at radius 2 is 1.76 bits per heavy atom. The Bertz CT molecular complexity index is 480. The van der Waals surface area contributed by atoms with Crippen molar-refractivity contribution in [2.45, 2.75) is 63.2 Å². The van der Waals surface area contributed by atoms with Crippen molar-refractivity contribution in [3.05, 3.63) is 35.4 Å². The molecule has 1 aromatic rings. The van der Waals surface area contributed by atoms with Crippen LogP contribution in [0.15, 0.2) is 24.3 Å².